The van der Waals surface area contributed by atoms with Crippen molar-refractivity contribution in [2.45, 2.75) is 44.4 Å². The first-order chi connectivity index (χ1) is 20.1. The van der Waals surface area contributed by atoms with Crippen LogP contribution in [0.3, 0.4) is 0 Å². The van der Waals surface area contributed by atoms with E-state index < -0.39 is 41.8 Å². The molecule has 3 N–H and O–H groups in total. The summed E-state index contributed by atoms with van der Waals surface area (Å²) in [6.07, 6.45) is -0.665. The predicted molar refractivity (Wildman–Crippen MR) is 161 cm³/mol. The van der Waals surface area contributed by atoms with Gasteiger partial charge in [-0.1, -0.05) is 89.5 Å². The third kappa shape index (κ3) is 7.14. The Balaban J connectivity index is 1.59. The lowest BCUT2D eigenvalue weighted by Gasteiger charge is -2.28. The second-order valence-corrected chi connectivity index (χ2v) is 11.0. The summed E-state index contributed by atoms with van der Waals surface area (Å²) in [6, 6.07) is 20.0. The van der Waals surface area contributed by atoms with Gasteiger partial charge >= 0.3 is 5.97 Å². The molecule has 11 heteroatoms. The molecule has 0 spiro atoms. The number of carboxylic acid groups (broad SMARTS) is 1. The fourth-order valence-corrected chi connectivity index (χ4v) is 5.12. The Bertz CT molecular complexity index is 1490. The Hall–Kier alpha value is -4.25. The molecule has 4 rings (SSSR count). The number of alkyl halides is 1. The molecule has 3 atom stereocenters. The van der Waals surface area contributed by atoms with Gasteiger partial charge in [0.05, 0.1) is 29.5 Å². The van der Waals surface area contributed by atoms with Gasteiger partial charge in [-0.3, -0.25) is 19.2 Å². The number of hydrogen-bond donors (Lipinski definition) is 3. The van der Waals surface area contributed by atoms with E-state index in [1.54, 1.807) is 30.3 Å². The number of benzene rings is 3. The topological polar surface area (TPSA) is 143 Å². The number of amides is 2. The van der Waals surface area contributed by atoms with Gasteiger partial charge in [0.2, 0.25) is 0 Å². The van der Waals surface area contributed by atoms with Crippen LogP contribution >= 0.6 is 15.9 Å². The first-order valence-electron chi connectivity index (χ1n) is 13.5. The van der Waals surface area contributed by atoms with Crippen molar-refractivity contribution in [1.29, 1.82) is 0 Å². The van der Waals surface area contributed by atoms with Crippen LogP contribution in [0.2, 0.25) is 0 Å². The van der Waals surface area contributed by atoms with Crippen LogP contribution in [0.4, 0.5) is 0 Å². The summed E-state index contributed by atoms with van der Waals surface area (Å²) < 4.78 is 5.89. The number of carboxylic acids is 1. The number of aliphatic carboxylic acids is 1. The largest absolute Gasteiger partial charge is 0.489 e. The Morgan fingerprint density at radius 1 is 1.00 bits per heavy atom. The van der Waals surface area contributed by atoms with Gasteiger partial charge in [0.1, 0.15) is 12.4 Å². The van der Waals surface area contributed by atoms with Gasteiger partial charge in [-0.25, -0.2) is 0 Å². The van der Waals surface area contributed by atoms with Gasteiger partial charge in [-0.15, -0.1) is 0 Å². The number of carbonyl (C=O) groups excluding carboxylic acids is 3. The van der Waals surface area contributed by atoms with E-state index in [0.29, 0.717) is 17.0 Å². The van der Waals surface area contributed by atoms with Crippen molar-refractivity contribution in [3.05, 3.63) is 78.4 Å². The smallest absolute Gasteiger partial charge is 0.305 e. The van der Waals surface area contributed by atoms with Crippen LogP contribution in [0.25, 0.3) is 10.8 Å². The number of Topliss-reactive ketones (excluding diaryl/α,β-unsaturated/α-hetero) is 1. The standard InChI is InChI=1S/C31H32BrN3O7/c1-19(2)28(34-29(39)23-14-8-10-20-9-6-7-13-22(20)23)25-16-31(42-35-25,18-41-21-11-4-3-5-12-21)30(40)33-24(15-27(37)38)26(36)17-32/h3-14,19,24,28H,15-18H2,1-2H3,(H,33,40)(H,34,39)(H,37,38)/t24-,28?,31?/m0/s1. The summed E-state index contributed by atoms with van der Waals surface area (Å²) in [7, 11) is 0. The van der Waals surface area contributed by atoms with Crippen LogP contribution in [0.1, 0.15) is 37.0 Å². The monoisotopic (exact) mass is 637 g/mol. The number of carbonyl (C=O) groups is 4. The summed E-state index contributed by atoms with van der Waals surface area (Å²) >= 11 is 3.04. The molecular formula is C31H32BrN3O7. The predicted octanol–water partition coefficient (Wildman–Crippen LogP) is 4.11. The second kappa shape index (κ2) is 13.6. The van der Waals surface area contributed by atoms with Gasteiger partial charge < -0.3 is 25.3 Å². The molecule has 0 radical (unpaired) electrons. The van der Waals surface area contributed by atoms with Crippen LogP contribution in [0.15, 0.2) is 78.0 Å². The van der Waals surface area contributed by atoms with Crippen molar-refractivity contribution in [3.63, 3.8) is 0 Å². The minimum Gasteiger partial charge on any atom is -0.489 e. The van der Waals surface area contributed by atoms with Crippen molar-refractivity contribution < 1.29 is 33.9 Å². The lowest BCUT2D eigenvalue weighted by Crippen LogP contribution is -2.56. The molecule has 0 saturated heterocycles. The van der Waals surface area contributed by atoms with Gasteiger partial charge in [-0.05, 0) is 34.9 Å². The molecule has 42 heavy (non-hydrogen) atoms. The van der Waals surface area contributed by atoms with Gasteiger partial charge in [-0.2, -0.15) is 0 Å². The lowest BCUT2D eigenvalue weighted by atomic mass is 9.89. The summed E-state index contributed by atoms with van der Waals surface area (Å²) in [4.78, 5) is 56.8. The molecule has 2 unspecified atom stereocenters. The first-order valence-corrected chi connectivity index (χ1v) is 14.6. The highest BCUT2D eigenvalue weighted by Gasteiger charge is 2.50. The molecule has 3 aromatic rings. The average Bonchev–Trinajstić information content (AvgIpc) is 3.43. The molecule has 0 aliphatic carbocycles. The molecule has 10 nitrogen and oxygen atoms in total. The first kappa shape index (κ1) is 30.7. The lowest BCUT2D eigenvalue weighted by molar-refractivity contribution is -0.150. The Labute approximate surface area is 251 Å². The minimum absolute atomic E-state index is 0.0629. The number of oxime groups is 1. The number of rotatable bonds is 13. The molecule has 220 valence electrons. The number of nitrogens with zero attached hydrogens (tertiary/aromatic N) is 1. The summed E-state index contributed by atoms with van der Waals surface area (Å²) in [5, 5.41) is 20.7. The number of ether oxygens (including phenoxy) is 1. The highest BCUT2D eigenvalue weighted by atomic mass is 79.9. The Morgan fingerprint density at radius 2 is 1.69 bits per heavy atom. The average molecular weight is 639 g/mol. The maximum absolute atomic E-state index is 13.7. The van der Waals surface area contributed by atoms with Gasteiger partial charge in [0.25, 0.3) is 17.4 Å². The molecule has 2 amide bonds. The van der Waals surface area contributed by atoms with Crippen LogP contribution in [-0.4, -0.2) is 64.0 Å². The zero-order valence-electron chi connectivity index (χ0n) is 23.2. The molecule has 1 aliphatic heterocycles. The summed E-state index contributed by atoms with van der Waals surface area (Å²) in [6.45, 7) is 3.55. The third-order valence-corrected chi connectivity index (χ3v) is 7.54. The Kier molecular flexibility index (Phi) is 9.95. The zero-order valence-corrected chi connectivity index (χ0v) is 24.8. The molecule has 1 aliphatic rings. The van der Waals surface area contributed by atoms with E-state index in [0.717, 1.165) is 10.8 Å². The molecule has 3 aromatic carbocycles. The van der Waals surface area contributed by atoms with E-state index in [9.17, 15) is 24.3 Å². The maximum Gasteiger partial charge on any atom is 0.305 e. The number of para-hydroxylation sites is 1. The molecular weight excluding hydrogens is 606 g/mol. The van der Waals surface area contributed by atoms with Crippen molar-refractivity contribution in [2.24, 2.45) is 11.1 Å². The van der Waals surface area contributed by atoms with E-state index in [4.69, 9.17) is 9.57 Å². The summed E-state index contributed by atoms with van der Waals surface area (Å²) in [5.74, 6) is -2.46. The highest BCUT2D eigenvalue weighted by Crippen LogP contribution is 2.30. The van der Waals surface area contributed by atoms with E-state index >= 15 is 0 Å². The van der Waals surface area contributed by atoms with Gasteiger partial charge in [0, 0.05) is 12.0 Å². The second-order valence-electron chi connectivity index (χ2n) is 10.4. The van der Waals surface area contributed by atoms with Crippen LogP contribution in [0.5, 0.6) is 5.75 Å². The van der Waals surface area contributed by atoms with Crippen LogP contribution in [0, 0.1) is 5.92 Å². The van der Waals surface area contributed by atoms with Crippen LogP contribution in [-0.2, 0) is 19.2 Å². The molecule has 0 bridgehead atoms. The number of hydrogen-bond acceptors (Lipinski definition) is 7. The summed E-state index contributed by atoms with van der Waals surface area (Å²) in [5.41, 5.74) is -0.808. The molecule has 0 fully saturated rings. The quantitative estimate of drug-likeness (QED) is 0.239. The highest BCUT2D eigenvalue weighted by molar-refractivity contribution is 9.09. The van der Waals surface area contributed by atoms with Crippen molar-refractivity contribution in [1.82, 2.24) is 10.6 Å². The Morgan fingerprint density at radius 3 is 2.38 bits per heavy atom. The number of nitrogens with one attached hydrogen (secondary N) is 2. The van der Waals surface area contributed by atoms with E-state index in [-0.39, 0.29) is 30.2 Å². The molecule has 1 heterocycles. The fourth-order valence-electron chi connectivity index (χ4n) is 4.73. The molecule has 0 saturated carbocycles. The van der Waals surface area contributed by atoms with Gasteiger partial charge in [0.15, 0.2) is 5.78 Å². The van der Waals surface area contributed by atoms with Crippen molar-refractivity contribution in [2.75, 3.05) is 11.9 Å². The van der Waals surface area contributed by atoms with E-state index in [1.165, 1.54) is 0 Å². The normalized spacial score (nSPS) is 17.6. The number of fused-ring (bicyclic) bond motifs is 1. The zero-order chi connectivity index (χ0) is 30.3. The number of halogens is 1. The number of ketones is 1. The SMILES string of the molecule is CC(C)C(NC(=O)c1cccc2ccccc12)C1=NOC(COc2ccccc2)(C(=O)N[C@@H](CC(=O)O)C(=O)CBr)C1. The van der Waals surface area contributed by atoms with Crippen molar-refractivity contribution >= 4 is 56.0 Å². The van der Waals surface area contributed by atoms with E-state index in [1.807, 2.05) is 56.3 Å². The third-order valence-electron chi connectivity index (χ3n) is 6.98. The molecule has 0 aromatic heterocycles. The van der Waals surface area contributed by atoms with Crippen molar-refractivity contribution in [3.8, 4) is 5.75 Å². The fraction of sp³-hybridized carbons (Fsp3) is 0.323. The van der Waals surface area contributed by atoms with E-state index in [2.05, 4.69) is 31.7 Å². The van der Waals surface area contributed by atoms with Crippen LogP contribution < -0.4 is 15.4 Å². The minimum atomic E-state index is -1.72. The maximum atomic E-state index is 13.7.